The van der Waals surface area contributed by atoms with Gasteiger partial charge in [0.1, 0.15) is 12.4 Å². The summed E-state index contributed by atoms with van der Waals surface area (Å²) >= 11 is 0. The molecular formula is C21H35N3O4. The number of nitrogens with one attached hydrogen (secondary N) is 2. The molecule has 7 heteroatoms. The molecule has 2 N–H and O–H groups in total. The van der Waals surface area contributed by atoms with E-state index in [0.29, 0.717) is 25.7 Å². The lowest BCUT2D eigenvalue weighted by molar-refractivity contribution is 0.0203. The van der Waals surface area contributed by atoms with Crippen molar-refractivity contribution in [2.75, 3.05) is 60.3 Å². The lowest BCUT2D eigenvalue weighted by Gasteiger charge is -2.21. The zero-order valence-electron chi connectivity index (χ0n) is 17.2. The number of nitrogens with zero attached hydrogens (tertiary/aromatic N) is 1. The van der Waals surface area contributed by atoms with Crippen LogP contribution in [0.5, 0.6) is 5.75 Å². The predicted octanol–water partition coefficient (Wildman–Crippen LogP) is 2.21. The van der Waals surface area contributed by atoms with Crippen LogP contribution in [0.2, 0.25) is 0 Å². The average molecular weight is 394 g/mol. The quantitative estimate of drug-likeness (QED) is 0.322. The Kier molecular flexibility index (Phi) is 11.4. The first-order chi connectivity index (χ1) is 13.8. The number of methoxy groups -OCH3 is 1. The van der Waals surface area contributed by atoms with E-state index in [1.165, 1.54) is 5.56 Å². The maximum absolute atomic E-state index is 5.79. The Morgan fingerprint density at radius 3 is 2.61 bits per heavy atom. The summed E-state index contributed by atoms with van der Waals surface area (Å²) in [6.45, 7) is 6.06. The van der Waals surface area contributed by atoms with E-state index >= 15 is 0 Å². The van der Waals surface area contributed by atoms with Crippen molar-refractivity contribution in [1.29, 1.82) is 0 Å². The Morgan fingerprint density at radius 2 is 1.89 bits per heavy atom. The molecule has 1 heterocycles. The predicted molar refractivity (Wildman–Crippen MR) is 111 cm³/mol. The van der Waals surface area contributed by atoms with E-state index in [-0.39, 0.29) is 0 Å². The van der Waals surface area contributed by atoms with Crippen molar-refractivity contribution in [3.63, 3.8) is 0 Å². The smallest absolute Gasteiger partial charge is 0.191 e. The molecule has 0 spiro atoms. The van der Waals surface area contributed by atoms with E-state index in [9.17, 15) is 0 Å². The molecule has 1 aliphatic heterocycles. The van der Waals surface area contributed by atoms with Crippen molar-refractivity contribution < 1.29 is 18.9 Å². The molecule has 0 amide bonds. The van der Waals surface area contributed by atoms with Gasteiger partial charge in [-0.05, 0) is 42.9 Å². The molecule has 0 aliphatic carbocycles. The van der Waals surface area contributed by atoms with Gasteiger partial charge in [-0.25, -0.2) is 0 Å². The molecule has 158 valence electrons. The molecule has 1 fully saturated rings. The van der Waals surface area contributed by atoms with Crippen LogP contribution in [-0.2, 0) is 20.8 Å². The van der Waals surface area contributed by atoms with Gasteiger partial charge in [-0.15, -0.1) is 0 Å². The minimum atomic E-state index is 0.559. The summed E-state index contributed by atoms with van der Waals surface area (Å²) in [7, 11) is 3.45. The van der Waals surface area contributed by atoms with Gasteiger partial charge in [0.2, 0.25) is 0 Å². The third-order valence-electron chi connectivity index (χ3n) is 4.62. The Bertz CT molecular complexity index is 545. The summed E-state index contributed by atoms with van der Waals surface area (Å²) in [5.41, 5.74) is 1.17. The highest BCUT2D eigenvalue weighted by atomic mass is 16.5. The monoisotopic (exact) mass is 393 g/mol. The molecule has 0 saturated carbocycles. The van der Waals surface area contributed by atoms with Crippen molar-refractivity contribution >= 4 is 5.96 Å². The van der Waals surface area contributed by atoms with Crippen molar-refractivity contribution in [2.45, 2.75) is 25.8 Å². The lowest BCUT2D eigenvalue weighted by Crippen LogP contribution is -2.37. The van der Waals surface area contributed by atoms with Crippen molar-refractivity contribution in [3.05, 3.63) is 29.8 Å². The fraction of sp³-hybridized carbons (Fsp3) is 0.667. The molecule has 0 atom stereocenters. The summed E-state index contributed by atoms with van der Waals surface area (Å²) in [5, 5.41) is 6.65. The molecule has 1 aromatic carbocycles. The standard InChI is InChI=1S/C21H35N3O4/c1-22-21(23-10-3-11-27-17-19-8-12-26-13-9-19)24-16-18-4-6-20(7-5-18)28-15-14-25-2/h4-7,19H,3,8-17H2,1-2H3,(H2,22,23,24). The van der Waals surface area contributed by atoms with Gasteiger partial charge in [-0.3, -0.25) is 4.99 Å². The second kappa shape index (κ2) is 14.2. The number of benzene rings is 1. The lowest BCUT2D eigenvalue weighted by atomic mass is 10.0. The van der Waals surface area contributed by atoms with Crippen LogP contribution in [0.3, 0.4) is 0 Å². The molecule has 0 aromatic heterocycles. The molecule has 0 radical (unpaired) electrons. The van der Waals surface area contributed by atoms with Crippen molar-refractivity contribution in [3.8, 4) is 5.75 Å². The topological polar surface area (TPSA) is 73.3 Å². The van der Waals surface area contributed by atoms with Gasteiger partial charge in [0.15, 0.2) is 5.96 Å². The normalized spacial score (nSPS) is 15.4. The zero-order chi connectivity index (χ0) is 19.9. The molecule has 0 bridgehead atoms. The number of rotatable bonds is 12. The van der Waals surface area contributed by atoms with Crippen LogP contribution in [-0.4, -0.2) is 66.3 Å². The summed E-state index contributed by atoms with van der Waals surface area (Å²) < 4.78 is 21.7. The third-order valence-corrected chi connectivity index (χ3v) is 4.62. The van der Waals surface area contributed by atoms with Crippen molar-refractivity contribution in [1.82, 2.24) is 10.6 Å². The van der Waals surface area contributed by atoms with Crippen LogP contribution < -0.4 is 15.4 Å². The Balaban J connectivity index is 1.54. The fourth-order valence-corrected chi connectivity index (χ4v) is 2.90. The highest BCUT2D eigenvalue weighted by Crippen LogP contribution is 2.14. The van der Waals surface area contributed by atoms with E-state index in [4.69, 9.17) is 18.9 Å². The maximum Gasteiger partial charge on any atom is 0.191 e. The molecule has 2 rings (SSSR count). The van der Waals surface area contributed by atoms with E-state index in [1.807, 2.05) is 24.3 Å². The Morgan fingerprint density at radius 1 is 1.11 bits per heavy atom. The van der Waals surface area contributed by atoms with E-state index in [1.54, 1.807) is 14.2 Å². The molecular weight excluding hydrogens is 358 g/mol. The van der Waals surface area contributed by atoms with Crippen LogP contribution in [0, 0.1) is 5.92 Å². The molecule has 28 heavy (non-hydrogen) atoms. The first-order valence-corrected chi connectivity index (χ1v) is 10.1. The highest BCUT2D eigenvalue weighted by molar-refractivity contribution is 5.79. The third kappa shape index (κ3) is 9.39. The number of ether oxygens (including phenoxy) is 4. The van der Waals surface area contributed by atoms with Gasteiger partial charge in [-0.1, -0.05) is 12.1 Å². The first kappa shape index (κ1) is 22.5. The second-order valence-electron chi connectivity index (χ2n) is 6.82. The molecule has 7 nitrogen and oxygen atoms in total. The molecule has 1 aromatic rings. The van der Waals surface area contributed by atoms with Crippen LogP contribution >= 0.6 is 0 Å². The van der Waals surface area contributed by atoms with Crippen LogP contribution in [0.1, 0.15) is 24.8 Å². The molecule has 0 unspecified atom stereocenters. The van der Waals surface area contributed by atoms with Gasteiger partial charge < -0.3 is 29.6 Å². The second-order valence-corrected chi connectivity index (χ2v) is 6.82. The van der Waals surface area contributed by atoms with Gasteiger partial charge >= 0.3 is 0 Å². The van der Waals surface area contributed by atoms with E-state index < -0.39 is 0 Å². The number of hydrogen-bond acceptors (Lipinski definition) is 5. The summed E-state index contributed by atoms with van der Waals surface area (Å²) in [6, 6.07) is 8.04. The largest absolute Gasteiger partial charge is 0.491 e. The van der Waals surface area contributed by atoms with Gasteiger partial charge in [0.05, 0.1) is 6.61 Å². The summed E-state index contributed by atoms with van der Waals surface area (Å²) in [5.74, 6) is 2.31. The number of hydrogen-bond donors (Lipinski definition) is 2. The maximum atomic E-state index is 5.79. The highest BCUT2D eigenvalue weighted by Gasteiger charge is 2.13. The minimum Gasteiger partial charge on any atom is -0.491 e. The van der Waals surface area contributed by atoms with E-state index in [0.717, 1.165) is 63.9 Å². The average Bonchev–Trinajstić information content (AvgIpc) is 2.74. The SMILES string of the molecule is CN=C(NCCCOCC1CCOCC1)NCc1ccc(OCCOC)cc1. The van der Waals surface area contributed by atoms with Gasteiger partial charge in [-0.2, -0.15) is 0 Å². The molecule has 1 aliphatic rings. The van der Waals surface area contributed by atoms with Gasteiger partial charge in [0, 0.05) is 53.7 Å². The Labute approximate surface area is 168 Å². The molecule has 1 saturated heterocycles. The van der Waals surface area contributed by atoms with E-state index in [2.05, 4.69) is 15.6 Å². The summed E-state index contributed by atoms with van der Waals surface area (Å²) in [6.07, 6.45) is 3.20. The van der Waals surface area contributed by atoms with Crippen LogP contribution in [0.25, 0.3) is 0 Å². The fourth-order valence-electron chi connectivity index (χ4n) is 2.90. The Hall–Kier alpha value is -1.83. The van der Waals surface area contributed by atoms with Crippen molar-refractivity contribution in [2.24, 2.45) is 10.9 Å². The van der Waals surface area contributed by atoms with Crippen LogP contribution in [0.15, 0.2) is 29.3 Å². The number of guanidine groups is 1. The van der Waals surface area contributed by atoms with Crippen LogP contribution in [0.4, 0.5) is 0 Å². The van der Waals surface area contributed by atoms with Gasteiger partial charge in [0.25, 0.3) is 0 Å². The first-order valence-electron chi connectivity index (χ1n) is 10.1. The minimum absolute atomic E-state index is 0.559. The number of aliphatic imine (C=N–C) groups is 1. The summed E-state index contributed by atoms with van der Waals surface area (Å²) in [4.78, 5) is 4.26. The zero-order valence-corrected chi connectivity index (χ0v) is 17.2.